The van der Waals surface area contributed by atoms with Crippen LogP contribution in [0.3, 0.4) is 0 Å². The molecule has 0 aliphatic carbocycles. The van der Waals surface area contributed by atoms with Gasteiger partial charge in [0.05, 0.1) is 11.2 Å². The highest BCUT2D eigenvalue weighted by Crippen LogP contribution is 2.32. The highest BCUT2D eigenvalue weighted by molar-refractivity contribution is 7.91. The van der Waals surface area contributed by atoms with E-state index in [4.69, 9.17) is 25.5 Å². The lowest BCUT2D eigenvalue weighted by atomic mass is 10.2. The van der Waals surface area contributed by atoms with Crippen molar-refractivity contribution in [2.24, 2.45) is 0 Å². The Labute approximate surface area is 194 Å². The summed E-state index contributed by atoms with van der Waals surface area (Å²) in [6.07, 6.45) is 1.33. The van der Waals surface area contributed by atoms with Crippen molar-refractivity contribution >= 4 is 33.3 Å². The molecular weight excluding hydrogens is 472 g/mol. The second-order valence-electron chi connectivity index (χ2n) is 7.08. The molecule has 11 heteroatoms. The lowest BCUT2D eigenvalue weighted by molar-refractivity contribution is -0.139. The van der Waals surface area contributed by atoms with Crippen LogP contribution in [0.2, 0.25) is 5.02 Å². The molecule has 1 aliphatic rings. The highest BCUT2D eigenvalue weighted by atomic mass is 35.5. The molecule has 4 rings (SSSR count). The summed E-state index contributed by atoms with van der Waals surface area (Å²) in [7, 11) is -3.95. The zero-order valence-corrected chi connectivity index (χ0v) is 18.7. The van der Waals surface area contributed by atoms with Crippen LogP contribution in [0.4, 0.5) is 0 Å². The van der Waals surface area contributed by atoms with E-state index in [0.29, 0.717) is 22.1 Å². The molecule has 0 saturated heterocycles. The number of halogens is 1. The van der Waals surface area contributed by atoms with Gasteiger partial charge in [-0.3, -0.25) is 9.59 Å². The Hall–Kier alpha value is -3.50. The molecule has 1 atom stereocenters. The molecule has 1 aromatic heterocycles. The van der Waals surface area contributed by atoms with Crippen LogP contribution in [0.15, 0.2) is 70.2 Å². The molecule has 2 heterocycles. The summed E-state index contributed by atoms with van der Waals surface area (Å²) in [5.74, 6) is -0.590. The molecule has 172 valence electrons. The number of fused-ring (bicyclic) bond motifs is 1. The summed E-state index contributed by atoms with van der Waals surface area (Å²) < 4.78 is 42.1. The number of rotatable bonds is 7. The fraction of sp³-hybridized carbons (Fsp3) is 0.182. The SMILES string of the molecule is O=C(NCc1ccc2c(c1)OCO2)C(=O)NC[C@@H](c1ccco1)S(=O)(=O)c1ccc(Cl)cc1. The minimum atomic E-state index is -3.95. The molecule has 0 unspecified atom stereocenters. The maximum absolute atomic E-state index is 13.2. The van der Waals surface area contributed by atoms with E-state index in [1.165, 1.54) is 36.6 Å². The Balaban J connectivity index is 1.40. The van der Waals surface area contributed by atoms with Crippen molar-refractivity contribution in [1.82, 2.24) is 10.6 Å². The van der Waals surface area contributed by atoms with E-state index in [-0.39, 0.29) is 30.5 Å². The molecule has 33 heavy (non-hydrogen) atoms. The first-order valence-corrected chi connectivity index (χ1v) is 11.7. The van der Waals surface area contributed by atoms with Crippen molar-refractivity contribution in [1.29, 1.82) is 0 Å². The molecule has 2 N–H and O–H groups in total. The number of ether oxygens (including phenoxy) is 2. The molecule has 2 amide bonds. The van der Waals surface area contributed by atoms with E-state index in [9.17, 15) is 18.0 Å². The van der Waals surface area contributed by atoms with Crippen LogP contribution in [0.5, 0.6) is 11.5 Å². The Morgan fingerprint density at radius 2 is 1.70 bits per heavy atom. The smallest absolute Gasteiger partial charge is 0.309 e. The first kappa shape index (κ1) is 22.7. The lowest BCUT2D eigenvalue weighted by Crippen LogP contribution is -2.42. The van der Waals surface area contributed by atoms with E-state index in [1.54, 1.807) is 24.3 Å². The van der Waals surface area contributed by atoms with Crippen LogP contribution in [0, 0.1) is 0 Å². The van der Waals surface area contributed by atoms with E-state index < -0.39 is 26.9 Å². The predicted octanol–water partition coefficient (Wildman–Crippen LogP) is 2.61. The van der Waals surface area contributed by atoms with Crippen LogP contribution in [-0.2, 0) is 26.0 Å². The molecule has 0 spiro atoms. The third-order valence-corrected chi connectivity index (χ3v) is 7.25. The van der Waals surface area contributed by atoms with Gasteiger partial charge in [0.2, 0.25) is 6.79 Å². The van der Waals surface area contributed by atoms with Gasteiger partial charge >= 0.3 is 11.8 Å². The quantitative estimate of drug-likeness (QED) is 0.488. The lowest BCUT2D eigenvalue weighted by Gasteiger charge is -2.16. The van der Waals surface area contributed by atoms with Gasteiger partial charge in [0.1, 0.15) is 11.0 Å². The number of furan rings is 1. The number of hydrogen-bond acceptors (Lipinski definition) is 7. The van der Waals surface area contributed by atoms with E-state index in [0.717, 1.165) is 0 Å². The summed E-state index contributed by atoms with van der Waals surface area (Å²) in [4.78, 5) is 24.6. The molecule has 0 fully saturated rings. The largest absolute Gasteiger partial charge is 0.468 e. The van der Waals surface area contributed by atoms with Crippen molar-refractivity contribution in [2.45, 2.75) is 16.7 Å². The number of amides is 2. The number of nitrogens with one attached hydrogen (secondary N) is 2. The van der Waals surface area contributed by atoms with E-state index >= 15 is 0 Å². The fourth-order valence-electron chi connectivity index (χ4n) is 3.21. The monoisotopic (exact) mass is 490 g/mol. The Morgan fingerprint density at radius 1 is 0.970 bits per heavy atom. The first-order chi connectivity index (χ1) is 15.8. The van der Waals surface area contributed by atoms with Gasteiger partial charge in [-0.1, -0.05) is 17.7 Å². The molecular formula is C22H19ClN2O7S. The first-order valence-electron chi connectivity index (χ1n) is 9.82. The standard InChI is InChI=1S/C22H19ClN2O7S/c23-15-4-6-16(7-5-15)33(28,29)20(18-2-1-9-30-18)12-25-22(27)21(26)24-11-14-3-8-17-19(10-14)32-13-31-17/h1-10,20H,11-13H2,(H,24,26)(H,25,27)/t20-/m0/s1. The average Bonchev–Trinajstić information content (AvgIpc) is 3.49. The third-order valence-electron chi connectivity index (χ3n) is 4.92. The minimum absolute atomic E-state index is 0.00908. The fourth-order valence-corrected chi connectivity index (χ4v) is 4.92. The topological polar surface area (TPSA) is 124 Å². The molecule has 9 nitrogen and oxygen atoms in total. The Bertz CT molecular complexity index is 1260. The van der Waals surface area contributed by atoms with Gasteiger partial charge < -0.3 is 24.5 Å². The van der Waals surface area contributed by atoms with Gasteiger partial charge in [-0.25, -0.2) is 8.42 Å². The summed E-state index contributed by atoms with van der Waals surface area (Å²) in [6.45, 7) is -0.161. The zero-order valence-electron chi connectivity index (χ0n) is 17.1. The molecule has 1 aliphatic heterocycles. The molecule has 3 aromatic rings. The maximum Gasteiger partial charge on any atom is 0.309 e. The summed E-state index contributed by atoms with van der Waals surface area (Å²) in [5.41, 5.74) is 0.708. The van der Waals surface area contributed by atoms with Gasteiger partial charge in [0.15, 0.2) is 21.3 Å². The van der Waals surface area contributed by atoms with Gasteiger partial charge in [0, 0.05) is 18.1 Å². The van der Waals surface area contributed by atoms with Crippen LogP contribution in [0.25, 0.3) is 0 Å². The van der Waals surface area contributed by atoms with Crippen molar-refractivity contribution in [2.75, 3.05) is 13.3 Å². The normalized spacial score (nSPS) is 13.4. The molecule has 0 bridgehead atoms. The van der Waals surface area contributed by atoms with Gasteiger partial charge in [-0.05, 0) is 54.1 Å². The van der Waals surface area contributed by atoms with Crippen molar-refractivity contribution < 1.29 is 31.9 Å². The van der Waals surface area contributed by atoms with E-state index in [2.05, 4.69) is 10.6 Å². The molecule has 2 aromatic carbocycles. The van der Waals surface area contributed by atoms with Crippen LogP contribution >= 0.6 is 11.6 Å². The van der Waals surface area contributed by atoms with Crippen molar-refractivity contribution in [3.8, 4) is 11.5 Å². The Morgan fingerprint density at radius 3 is 2.42 bits per heavy atom. The van der Waals surface area contributed by atoms with Gasteiger partial charge in [0.25, 0.3) is 0 Å². The zero-order chi connectivity index (χ0) is 23.4. The van der Waals surface area contributed by atoms with E-state index in [1.807, 2.05) is 0 Å². The van der Waals surface area contributed by atoms with Crippen molar-refractivity contribution in [3.05, 3.63) is 77.2 Å². The number of carbonyl (C=O) groups excluding carboxylic acids is 2. The number of sulfone groups is 1. The second kappa shape index (κ2) is 9.55. The maximum atomic E-state index is 13.2. The van der Waals surface area contributed by atoms with Gasteiger partial charge in [-0.15, -0.1) is 0 Å². The number of carbonyl (C=O) groups is 2. The number of benzene rings is 2. The average molecular weight is 491 g/mol. The Kier molecular flexibility index (Phi) is 6.57. The highest BCUT2D eigenvalue weighted by Gasteiger charge is 2.32. The van der Waals surface area contributed by atoms with Gasteiger partial charge in [-0.2, -0.15) is 0 Å². The van der Waals surface area contributed by atoms with Crippen molar-refractivity contribution in [3.63, 3.8) is 0 Å². The summed E-state index contributed by atoms with van der Waals surface area (Å²) >= 11 is 5.85. The van der Waals surface area contributed by atoms with Crippen LogP contribution in [0.1, 0.15) is 16.6 Å². The minimum Gasteiger partial charge on any atom is -0.468 e. The predicted molar refractivity (Wildman–Crippen MR) is 118 cm³/mol. The summed E-state index contributed by atoms with van der Waals surface area (Å²) in [6, 6.07) is 13.8. The number of hydrogen-bond donors (Lipinski definition) is 2. The molecule has 0 saturated carbocycles. The van der Waals surface area contributed by atoms with Crippen LogP contribution in [-0.4, -0.2) is 33.6 Å². The second-order valence-corrected chi connectivity index (χ2v) is 9.65. The third kappa shape index (κ3) is 5.12. The van der Waals surface area contributed by atoms with Crippen LogP contribution < -0.4 is 20.1 Å². The molecule has 0 radical (unpaired) electrons. The summed E-state index contributed by atoms with van der Waals surface area (Å²) in [5, 5.41) is 4.01.